The SMILES string of the molecule is Oc1ccc2nonc2c1C1CN(Cc2ccccc2-c2ccccc2)c2ccccc21. The molecule has 2 heterocycles. The second kappa shape index (κ2) is 7.54. The van der Waals surface area contributed by atoms with Crippen molar-refractivity contribution >= 4 is 16.7 Å². The minimum atomic E-state index is -0.0225. The summed E-state index contributed by atoms with van der Waals surface area (Å²) in [5.41, 5.74) is 8.11. The summed E-state index contributed by atoms with van der Waals surface area (Å²) >= 11 is 0. The van der Waals surface area contributed by atoms with E-state index in [2.05, 4.69) is 81.9 Å². The summed E-state index contributed by atoms with van der Waals surface area (Å²) in [7, 11) is 0. The summed E-state index contributed by atoms with van der Waals surface area (Å²) in [6.45, 7) is 1.51. The van der Waals surface area contributed by atoms with E-state index in [1.54, 1.807) is 12.1 Å². The van der Waals surface area contributed by atoms with Crippen molar-refractivity contribution in [1.29, 1.82) is 0 Å². The van der Waals surface area contributed by atoms with Gasteiger partial charge in [-0.3, -0.25) is 0 Å². The van der Waals surface area contributed by atoms with E-state index >= 15 is 0 Å². The highest BCUT2D eigenvalue weighted by Crippen LogP contribution is 2.45. The zero-order chi connectivity index (χ0) is 21.5. The molecule has 0 saturated heterocycles. The Morgan fingerprint density at radius 2 is 1.62 bits per heavy atom. The highest BCUT2D eigenvalue weighted by Gasteiger charge is 2.33. The first-order valence-electron chi connectivity index (χ1n) is 10.7. The van der Waals surface area contributed by atoms with Crippen molar-refractivity contribution in [1.82, 2.24) is 10.3 Å². The van der Waals surface area contributed by atoms with Crippen LogP contribution in [-0.2, 0) is 6.54 Å². The maximum atomic E-state index is 10.8. The van der Waals surface area contributed by atoms with Crippen LogP contribution in [0.2, 0.25) is 0 Å². The fourth-order valence-electron chi connectivity index (χ4n) is 4.85. The number of para-hydroxylation sites is 1. The summed E-state index contributed by atoms with van der Waals surface area (Å²) in [5.74, 6) is 0.199. The molecule has 0 bridgehead atoms. The van der Waals surface area contributed by atoms with Crippen molar-refractivity contribution in [2.45, 2.75) is 12.5 Å². The van der Waals surface area contributed by atoms with E-state index in [9.17, 15) is 5.11 Å². The van der Waals surface area contributed by atoms with E-state index < -0.39 is 0 Å². The lowest BCUT2D eigenvalue weighted by Crippen LogP contribution is -2.22. The molecule has 0 radical (unpaired) electrons. The van der Waals surface area contributed by atoms with E-state index in [0.717, 1.165) is 18.7 Å². The molecular weight excluding hydrogens is 398 g/mol. The standard InChI is InChI=1S/C27H21N3O2/c31-25-15-14-23-27(29-32-28-23)26(25)22-17-30(24-13-7-6-12-21(22)24)16-19-10-4-5-11-20(19)18-8-2-1-3-9-18/h1-15,22,31H,16-17H2. The van der Waals surface area contributed by atoms with Crippen molar-refractivity contribution in [3.8, 4) is 16.9 Å². The maximum Gasteiger partial charge on any atom is 0.142 e. The summed E-state index contributed by atoms with van der Waals surface area (Å²) < 4.78 is 4.97. The van der Waals surface area contributed by atoms with Gasteiger partial charge in [0.2, 0.25) is 0 Å². The number of hydrogen-bond acceptors (Lipinski definition) is 5. The molecule has 6 rings (SSSR count). The normalized spacial score (nSPS) is 15.2. The van der Waals surface area contributed by atoms with Gasteiger partial charge in [0.25, 0.3) is 0 Å². The van der Waals surface area contributed by atoms with Gasteiger partial charge in [-0.05, 0) is 50.8 Å². The molecule has 32 heavy (non-hydrogen) atoms. The Morgan fingerprint density at radius 1 is 0.844 bits per heavy atom. The Labute approximate surface area is 185 Å². The number of phenols is 1. The Kier molecular flexibility index (Phi) is 4.39. The predicted octanol–water partition coefficient (Wildman–Crippen LogP) is 5.75. The van der Waals surface area contributed by atoms with Crippen molar-refractivity contribution in [2.24, 2.45) is 0 Å². The number of hydrogen-bond donors (Lipinski definition) is 1. The van der Waals surface area contributed by atoms with Gasteiger partial charge in [0.05, 0.1) is 0 Å². The van der Waals surface area contributed by atoms with Gasteiger partial charge in [-0.15, -0.1) is 0 Å². The Balaban J connectivity index is 1.42. The second-order valence-electron chi connectivity index (χ2n) is 8.15. The molecule has 5 aromatic rings. The van der Waals surface area contributed by atoms with Gasteiger partial charge in [-0.1, -0.05) is 72.8 Å². The van der Waals surface area contributed by atoms with Crippen LogP contribution in [0.4, 0.5) is 5.69 Å². The monoisotopic (exact) mass is 419 g/mol. The molecule has 0 saturated carbocycles. The molecule has 1 aliphatic rings. The third-order valence-corrected chi connectivity index (χ3v) is 6.31. The van der Waals surface area contributed by atoms with Crippen LogP contribution in [-0.4, -0.2) is 22.0 Å². The van der Waals surface area contributed by atoms with E-state index in [4.69, 9.17) is 4.63 Å². The number of nitrogens with zero attached hydrogens (tertiary/aromatic N) is 3. The zero-order valence-corrected chi connectivity index (χ0v) is 17.3. The summed E-state index contributed by atoms with van der Waals surface area (Å²) in [5, 5.41) is 18.8. The lowest BCUT2D eigenvalue weighted by molar-refractivity contribution is 0.315. The molecule has 0 amide bonds. The second-order valence-corrected chi connectivity index (χ2v) is 8.15. The third-order valence-electron chi connectivity index (χ3n) is 6.31. The van der Waals surface area contributed by atoms with Crippen LogP contribution in [0.5, 0.6) is 5.75 Å². The maximum absolute atomic E-state index is 10.8. The van der Waals surface area contributed by atoms with E-state index in [-0.39, 0.29) is 11.7 Å². The van der Waals surface area contributed by atoms with E-state index in [1.165, 1.54) is 27.9 Å². The van der Waals surface area contributed by atoms with Gasteiger partial charge in [0.15, 0.2) is 0 Å². The molecule has 0 spiro atoms. The van der Waals surface area contributed by atoms with Crippen LogP contribution < -0.4 is 4.90 Å². The van der Waals surface area contributed by atoms with Crippen LogP contribution in [0.25, 0.3) is 22.2 Å². The van der Waals surface area contributed by atoms with Gasteiger partial charge in [-0.2, -0.15) is 0 Å². The fourth-order valence-corrected chi connectivity index (χ4v) is 4.85. The topological polar surface area (TPSA) is 62.4 Å². The predicted molar refractivity (Wildman–Crippen MR) is 125 cm³/mol. The minimum Gasteiger partial charge on any atom is -0.508 e. The molecule has 0 fully saturated rings. The molecule has 1 aromatic heterocycles. The Hall–Kier alpha value is -4.12. The molecule has 1 aliphatic heterocycles. The molecule has 156 valence electrons. The fraction of sp³-hybridized carbons (Fsp3) is 0.111. The smallest absolute Gasteiger partial charge is 0.142 e. The van der Waals surface area contributed by atoms with Gasteiger partial charge >= 0.3 is 0 Å². The van der Waals surface area contributed by atoms with Crippen molar-refractivity contribution in [3.63, 3.8) is 0 Å². The Bertz CT molecular complexity index is 1410. The first-order valence-corrected chi connectivity index (χ1v) is 10.7. The molecular formula is C27H21N3O2. The molecule has 1 N–H and O–H groups in total. The molecule has 0 aliphatic carbocycles. The molecule has 1 atom stereocenters. The lowest BCUT2D eigenvalue weighted by Gasteiger charge is -2.22. The third kappa shape index (κ3) is 3.02. The molecule has 5 nitrogen and oxygen atoms in total. The van der Waals surface area contributed by atoms with Gasteiger partial charge < -0.3 is 10.0 Å². The number of aromatic hydroxyl groups is 1. The van der Waals surface area contributed by atoms with Crippen molar-refractivity contribution in [2.75, 3.05) is 11.4 Å². The Morgan fingerprint density at radius 3 is 2.53 bits per heavy atom. The largest absolute Gasteiger partial charge is 0.508 e. The van der Waals surface area contributed by atoms with Crippen LogP contribution in [0.1, 0.15) is 22.6 Å². The highest BCUT2D eigenvalue weighted by atomic mass is 16.6. The van der Waals surface area contributed by atoms with Gasteiger partial charge in [0, 0.05) is 30.3 Å². The van der Waals surface area contributed by atoms with Gasteiger partial charge in [0.1, 0.15) is 16.8 Å². The number of aromatic nitrogens is 2. The van der Waals surface area contributed by atoms with E-state index in [1.807, 2.05) is 12.1 Å². The first-order chi connectivity index (χ1) is 15.8. The van der Waals surface area contributed by atoms with Crippen LogP contribution in [0, 0.1) is 0 Å². The number of fused-ring (bicyclic) bond motifs is 2. The van der Waals surface area contributed by atoms with Crippen molar-refractivity contribution in [3.05, 3.63) is 108 Å². The van der Waals surface area contributed by atoms with Gasteiger partial charge in [-0.25, -0.2) is 4.63 Å². The van der Waals surface area contributed by atoms with Crippen molar-refractivity contribution < 1.29 is 9.74 Å². The zero-order valence-electron chi connectivity index (χ0n) is 17.3. The van der Waals surface area contributed by atoms with Crippen LogP contribution in [0.3, 0.4) is 0 Å². The molecule has 4 aromatic carbocycles. The van der Waals surface area contributed by atoms with Crippen LogP contribution in [0.15, 0.2) is 95.6 Å². The average molecular weight is 419 g/mol. The number of rotatable bonds is 4. The summed E-state index contributed by atoms with van der Waals surface area (Å²) in [6.07, 6.45) is 0. The number of benzene rings is 4. The van der Waals surface area contributed by atoms with E-state index in [0.29, 0.717) is 11.0 Å². The number of anilines is 1. The first kappa shape index (κ1) is 18.6. The summed E-state index contributed by atoms with van der Waals surface area (Å²) in [4.78, 5) is 2.38. The quantitative estimate of drug-likeness (QED) is 0.402. The number of phenolic OH excluding ortho intramolecular Hbond substituents is 1. The van der Waals surface area contributed by atoms with Crippen LogP contribution >= 0.6 is 0 Å². The lowest BCUT2D eigenvalue weighted by atomic mass is 9.91. The highest BCUT2D eigenvalue weighted by molar-refractivity contribution is 5.82. The molecule has 1 unspecified atom stereocenters. The minimum absolute atomic E-state index is 0.0225. The molecule has 5 heteroatoms. The average Bonchev–Trinajstić information content (AvgIpc) is 3.45. The summed E-state index contributed by atoms with van der Waals surface area (Å²) in [6, 6.07) is 30.8.